The molecule has 0 spiro atoms. The molecular formula is C5H9Cl2NO. The lowest BCUT2D eigenvalue weighted by atomic mass is 10.5. The topological polar surface area (TPSA) is 23.5 Å². The second-order valence-corrected chi connectivity index (χ2v) is 2.25. The Morgan fingerprint density at radius 3 is 2.22 bits per heavy atom. The summed E-state index contributed by atoms with van der Waals surface area (Å²) in [5.74, 6) is 0. The quantitative estimate of drug-likeness (QED) is 0.562. The Kier molecular flexibility index (Phi) is 6.26. The van der Waals surface area contributed by atoms with E-state index in [1.807, 2.05) is 6.08 Å². The smallest absolute Gasteiger partial charge is 0.0967 e. The molecule has 0 saturated heterocycles. The molecule has 1 aliphatic heterocycles. The molecule has 4 heteroatoms. The first-order valence-electron chi connectivity index (χ1n) is 2.55. The molecule has 0 radical (unpaired) electrons. The third-order valence-corrected chi connectivity index (χ3v) is 0.802. The van der Waals surface area contributed by atoms with Crippen molar-refractivity contribution in [2.24, 2.45) is 0 Å². The average Bonchev–Trinajstić information content (AvgIpc) is 2.20. The highest BCUT2D eigenvalue weighted by atomic mass is 35.5. The molecule has 54 valence electrons. The lowest BCUT2D eigenvalue weighted by Crippen LogP contribution is -2.05. The standard InChI is InChI=1S/C4H7NO.CH2Cl2/c6-5-3-1-2-4-5;2-1-3/h1,3,6H,2,4H2;1H2. The Balaban J connectivity index is 0.000000187. The van der Waals surface area contributed by atoms with E-state index in [4.69, 9.17) is 28.4 Å². The van der Waals surface area contributed by atoms with Gasteiger partial charge in [0.05, 0.1) is 5.34 Å². The van der Waals surface area contributed by atoms with Crippen LogP contribution in [0.2, 0.25) is 0 Å². The van der Waals surface area contributed by atoms with E-state index < -0.39 is 0 Å². The minimum Gasteiger partial charge on any atom is -0.289 e. The summed E-state index contributed by atoms with van der Waals surface area (Å²) in [6, 6.07) is 0. The van der Waals surface area contributed by atoms with Crippen molar-refractivity contribution >= 4 is 23.2 Å². The van der Waals surface area contributed by atoms with Crippen molar-refractivity contribution in [1.29, 1.82) is 0 Å². The molecule has 0 atom stereocenters. The van der Waals surface area contributed by atoms with Crippen LogP contribution in [0.3, 0.4) is 0 Å². The number of hydroxylamine groups is 2. The van der Waals surface area contributed by atoms with Gasteiger partial charge in [0.1, 0.15) is 0 Å². The highest BCUT2D eigenvalue weighted by Gasteiger charge is 1.95. The fourth-order valence-corrected chi connectivity index (χ4v) is 0.478. The zero-order valence-electron chi connectivity index (χ0n) is 4.93. The van der Waals surface area contributed by atoms with E-state index in [1.54, 1.807) is 6.20 Å². The molecular weight excluding hydrogens is 161 g/mol. The molecule has 0 fully saturated rings. The summed E-state index contributed by atoms with van der Waals surface area (Å²) in [6.07, 6.45) is 4.58. The predicted octanol–water partition coefficient (Wildman–Crippen LogP) is 2.02. The van der Waals surface area contributed by atoms with Gasteiger partial charge in [-0.3, -0.25) is 10.3 Å². The van der Waals surface area contributed by atoms with Gasteiger partial charge in [-0.25, -0.2) is 0 Å². The molecule has 0 bridgehead atoms. The normalized spacial score (nSPS) is 15.2. The molecule has 1 N–H and O–H groups in total. The number of hydrogen-bond donors (Lipinski definition) is 1. The number of halogens is 2. The van der Waals surface area contributed by atoms with E-state index in [0.717, 1.165) is 13.0 Å². The van der Waals surface area contributed by atoms with Crippen LogP contribution in [0, 0.1) is 0 Å². The van der Waals surface area contributed by atoms with E-state index in [-0.39, 0.29) is 5.34 Å². The van der Waals surface area contributed by atoms with Crippen LogP contribution in [0.5, 0.6) is 0 Å². The number of nitrogens with zero attached hydrogens (tertiary/aromatic N) is 1. The van der Waals surface area contributed by atoms with Crippen LogP contribution in [0.4, 0.5) is 0 Å². The zero-order valence-corrected chi connectivity index (χ0v) is 6.44. The third-order valence-electron chi connectivity index (χ3n) is 0.802. The van der Waals surface area contributed by atoms with Crippen molar-refractivity contribution in [3.63, 3.8) is 0 Å². The fraction of sp³-hybridized carbons (Fsp3) is 0.600. The molecule has 0 aromatic rings. The largest absolute Gasteiger partial charge is 0.289 e. The molecule has 2 nitrogen and oxygen atoms in total. The van der Waals surface area contributed by atoms with Crippen molar-refractivity contribution in [3.05, 3.63) is 12.3 Å². The van der Waals surface area contributed by atoms with Crippen molar-refractivity contribution in [2.45, 2.75) is 6.42 Å². The summed E-state index contributed by atoms with van der Waals surface area (Å²) >= 11 is 9.53. The van der Waals surface area contributed by atoms with Gasteiger partial charge >= 0.3 is 0 Å². The van der Waals surface area contributed by atoms with Gasteiger partial charge in [-0.05, 0) is 6.42 Å². The number of rotatable bonds is 0. The maximum atomic E-state index is 8.48. The Labute approximate surface area is 64.6 Å². The van der Waals surface area contributed by atoms with Gasteiger partial charge in [-0.2, -0.15) is 0 Å². The zero-order chi connectivity index (χ0) is 7.11. The first kappa shape index (κ1) is 9.08. The number of alkyl halides is 2. The van der Waals surface area contributed by atoms with Crippen LogP contribution in [-0.2, 0) is 0 Å². The van der Waals surface area contributed by atoms with Crippen molar-refractivity contribution in [1.82, 2.24) is 5.06 Å². The molecule has 0 aliphatic carbocycles. The SMILES string of the molecule is ClCCl.ON1C=CCC1. The van der Waals surface area contributed by atoms with Gasteiger partial charge in [-0.15, -0.1) is 23.2 Å². The lowest BCUT2D eigenvalue weighted by molar-refractivity contribution is -0.0307. The van der Waals surface area contributed by atoms with E-state index in [9.17, 15) is 0 Å². The van der Waals surface area contributed by atoms with E-state index in [0.29, 0.717) is 0 Å². The maximum Gasteiger partial charge on any atom is 0.0967 e. The number of hydrogen-bond acceptors (Lipinski definition) is 2. The van der Waals surface area contributed by atoms with Gasteiger partial charge < -0.3 is 0 Å². The van der Waals surface area contributed by atoms with Gasteiger partial charge in [0.25, 0.3) is 0 Å². The van der Waals surface area contributed by atoms with E-state index in [2.05, 4.69) is 0 Å². The van der Waals surface area contributed by atoms with Crippen LogP contribution >= 0.6 is 23.2 Å². The summed E-state index contributed by atoms with van der Waals surface area (Å²) in [7, 11) is 0. The summed E-state index contributed by atoms with van der Waals surface area (Å²) in [5.41, 5.74) is 0. The van der Waals surface area contributed by atoms with E-state index >= 15 is 0 Å². The Bertz CT molecular complexity index is 87.0. The second kappa shape index (κ2) is 6.20. The fourth-order valence-electron chi connectivity index (χ4n) is 0.478. The van der Waals surface area contributed by atoms with Crippen LogP contribution in [0.1, 0.15) is 6.42 Å². The second-order valence-electron chi connectivity index (χ2n) is 1.44. The van der Waals surface area contributed by atoms with Crippen LogP contribution in [-0.4, -0.2) is 22.2 Å². The highest BCUT2D eigenvalue weighted by molar-refractivity contribution is 6.40. The monoisotopic (exact) mass is 169 g/mol. The lowest BCUT2D eigenvalue weighted by Gasteiger charge is -1.99. The molecule has 0 unspecified atom stereocenters. The van der Waals surface area contributed by atoms with Gasteiger partial charge in [0.2, 0.25) is 0 Å². The Morgan fingerprint density at radius 1 is 1.56 bits per heavy atom. The Hall–Kier alpha value is 0.0800. The molecule has 0 saturated carbocycles. The van der Waals surface area contributed by atoms with Crippen molar-refractivity contribution < 1.29 is 5.21 Å². The summed E-state index contributed by atoms with van der Waals surface area (Å²) < 4.78 is 0. The first-order valence-corrected chi connectivity index (χ1v) is 3.62. The van der Waals surface area contributed by atoms with E-state index in [1.165, 1.54) is 5.06 Å². The minimum absolute atomic E-state index is 0.194. The summed E-state index contributed by atoms with van der Waals surface area (Å²) in [4.78, 5) is 0. The van der Waals surface area contributed by atoms with Crippen LogP contribution < -0.4 is 0 Å². The molecule has 1 rings (SSSR count). The molecule has 0 amide bonds. The summed E-state index contributed by atoms with van der Waals surface area (Å²) in [5, 5.41) is 9.85. The first-order chi connectivity index (χ1) is 4.31. The Morgan fingerprint density at radius 2 is 2.11 bits per heavy atom. The van der Waals surface area contributed by atoms with Gasteiger partial charge in [-0.1, -0.05) is 6.08 Å². The van der Waals surface area contributed by atoms with Gasteiger partial charge in [0, 0.05) is 12.7 Å². The maximum absolute atomic E-state index is 8.48. The highest BCUT2D eigenvalue weighted by Crippen LogP contribution is 1.97. The third kappa shape index (κ3) is 5.96. The molecule has 9 heavy (non-hydrogen) atoms. The molecule has 0 aromatic heterocycles. The predicted molar refractivity (Wildman–Crippen MR) is 38.8 cm³/mol. The summed E-state index contributed by atoms with van der Waals surface area (Å²) in [6.45, 7) is 0.764. The van der Waals surface area contributed by atoms with Crippen LogP contribution in [0.15, 0.2) is 12.3 Å². The molecule has 1 heterocycles. The van der Waals surface area contributed by atoms with Gasteiger partial charge in [0.15, 0.2) is 0 Å². The van der Waals surface area contributed by atoms with Crippen LogP contribution in [0.25, 0.3) is 0 Å². The molecule has 0 aromatic carbocycles. The van der Waals surface area contributed by atoms with Crippen molar-refractivity contribution in [2.75, 3.05) is 11.9 Å². The minimum atomic E-state index is 0.194. The average molecular weight is 170 g/mol. The molecule has 1 aliphatic rings. The van der Waals surface area contributed by atoms with Crippen molar-refractivity contribution in [3.8, 4) is 0 Å².